The summed E-state index contributed by atoms with van der Waals surface area (Å²) in [5.74, 6) is -4.85. The molecule has 4 atom stereocenters. The lowest BCUT2D eigenvalue weighted by atomic mass is 10.0. The van der Waals surface area contributed by atoms with E-state index in [0.29, 0.717) is 10.9 Å². The largest absolute Gasteiger partial charge is 0.475 e. The minimum absolute atomic E-state index is 0.0931. The SMILES string of the molecule is CC(=O)O[C@@H]1[C@H](OC(C)=O)[C@H](OC(C)=O)CO[C@H]1n1cc(C(=O)C(=O)O)c2ccccc21. The van der Waals surface area contributed by atoms with Gasteiger partial charge in [-0.3, -0.25) is 19.2 Å². The number of rotatable bonds is 6. The van der Waals surface area contributed by atoms with Gasteiger partial charge in [0, 0.05) is 32.4 Å². The van der Waals surface area contributed by atoms with Crippen LogP contribution in [0, 0.1) is 0 Å². The van der Waals surface area contributed by atoms with Crippen molar-refractivity contribution >= 4 is 40.6 Å². The smallest absolute Gasteiger partial charge is 0.377 e. The lowest BCUT2D eigenvalue weighted by Gasteiger charge is -2.41. The van der Waals surface area contributed by atoms with Gasteiger partial charge in [-0.2, -0.15) is 0 Å². The summed E-state index contributed by atoms with van der Waals surface area (Å²) in [7, 11) is 0. The van der Waals surface area contributed by atoms with Crippen molar-refractivity contribution in [2.45, 2.75) is 45.3 Å². The minimum Gasteiger partial charge on any atom is -0.475 e. The van der Waals surface area contributed by atoms with Crippen molar-refractivity contribution in [2.75, 3.05) is 6.61 Å². The zero-order valence-corrected chi connectivity index (χ0v) is 17.5. The standard InChI is InChI=1S/C21H21NO10/c1-10(23)30-16-9-29-20(19(32-12(3)25)18(16)31-11(2)24)22-8-14(17(26)21(27)28)13-6-4-5-7-15(13)22/h4-8,16,18-20H,9H2,1-3H3,(H,27,28)/t16-,18-,19-,20-/m1/s1. The fourth-order valence-electron chi connectivity index (χ4n) is 3.67. The van der Waals surface area contributed by atoms with E-state index in [1.54, 1.807) is 24.3 Å². The topological polar surface area (TPSA) is 147 Å². The Morgan fingerprint density at radius 3 is 2.12 bits per heavy atom. The first-order chi connectivity index (χ1) is 15.1. The maximum atomic E-state index is 12.2. The molecule has 1 N–H and O–H groups in total. The molecular formula is C21H21NO10. The Hall–Kier alpha value is -3.73. The normalized spacial score (nSPS) is 22.7. The van der Waals surface area contributed by atoms with Crippen molar-refractivity contribution < 1.29 is 48.0 Å². The number of aliphatic carboxylic acids is 1. The van der Waals surface area contributed by atoms with Crippen molar-refractivity contribution in [1.82, 2.24) is 4.57 Å². The molecule has 1 fully saturated rings. The Kier molecular flexibility index (Phi) is 6.58. The highest BCUT2D eigenvalue weighted by atomic mass is 16.6. The Labute approximate surface area is 181 Å². The molecule has 0 amide bonds. The van der Waals surface area contributed by atoms with E-state index < -0.39 is 54.2 Å². The molecule has 32 heavy (non-hydrogen) atoms. The summed E-state index contributed by atoms with van der Waals surface area (Å²) in [5.41, 5.74) is 0.330. The van der Waals surface area contributed by atoms with E-state index in [1.807, 2.05) is 0 Å². The van der Waals surface area contributed by atoms with Gasteiger partial charge in [-0.1, -0.05) is 18.2 Å². The third-order valence-electron chi connectivity index (χ3n) is 4.78. The number of Topliss-reactive ketones (excluding diaryl/α,β-unsaturated/α-hetero) is 1. The molecule has 1 saturated heterocycles. The maximum Gasteiger partial charge on any atom is 0.377 e. The Balaban J connectivity index is 2.13. The van der Waals surface area contributed by atoms with Gasteiger partial charge in [0.2, 0.25) is 0 Å². The van der Waals surface area contributed by atoms with Crippen LogP contribution < -0.4 is 0 Å². The van der Waals surface area contributed by atoms with Crippen LogP contribution in [0.4, 0.5) is 0 Å². The van der Waals surface area contributed by atoms with Gasteiger partial charge in [0.1, 0.15) is 0 Å². The summed E-state index contributed by atoms with van der Waals surface area (Å²) in [6.45, 7) is 3.25. The number of carboxylic acids is 1. The molecule has 0 radical (unpaired) electrons. The summed E-state index contributed by atoms with van der Waals surface area (Å²) in [4.78, 5) is 58.6. The highest BCUT2D eigenvalue weighted by Gasteiger charge is 2.48. The van der Waals surface area contributed by atoms with Crippen molar-refractivity contribution in [3.8, 4) is 0 Å². The second kappa shape index (κ2) is 9.18. The summed E-state index contributed by atoms with van der Waals surface area (Å²) in [5, 5.41) is 9.52. The Morgan fingerprint density at radius 2 is 1.53 bits per heavy atom. The van der Waals surface area contributed by atoms with Crippen molar-refractivity contribution in [3.05, 3.63) is 36.0 Å². The molecule has 2 heterocycles. The van der Waals surface area contributed by atoms with Crippen LogP contribution >= 0.6 is 0 Å². The number of ether oxygens (including phenoxy) is 4. The van der Waals surface area contributed by atoms with Crippen molar-refractivity contribution in [2.24, 2.45) is 0 Å². The number of hydrogen-bond acceptors (Lipinski definition) is 9. The van der Waals surface area contributed by atoms with Gasteiger partial charge in [-0.05, 0) is 6.07 Å². The van der Waals surface area contributed by atoms with E-state index in [1.165, 1.54) is 17.7 Å². The van der Waals surface area contributed by atoms with Crippen LogP contribution in [0.15, 0.2) is 30.5 Å². The molecule has 3 rings (SSSR count). The third kappa shape index (κ3) is 4.62. The van der Waals surface area contributed by atoms with E-state index in [4.69, 9.17) is 18.9 Å². The fraction of sp³-hybridized carbons (Fsp3) is 0.381. The number of carbonyl (C=O) groups is 5. The summed E-state index contributed by atoms with van der Waals surface area (Å²) < 4.78 is 23.2. The molecule has 2 aromatic rings. The van der Waals surface area contributed by atoms with E-state index >= 15 is 0 Å². The molecule has 0 bridgehead atoms. The molecule has 1 aromatic heterocycles. The predicted octanol–water partition coefficient (Wildman–Crippen LogP) is 1.23. The first kappa shape index (κ1) is 22.9. The molecule has 0 unspecified atom stereocenters. The predicted molar refractivity (Wildman–Crippen MR) is 106 cm³/mol. The molecule has 11 nitrogen and oxygen atoms in total. The lowest BCUT2D eigenvalue weighted by Crippen LogP contribution is -2.55. The first-order valence-corrected chi connectivity index (χ1v) is 9.60. The average molecular weight is 447 g/mol. The van der Waals surface area contributed by atoms with Crippen LogP contribution in [0.2, 0.25) is 0 Å². The van der Waals surface area contributed by atoms with E-state index in [2.05, 4.69) is 0 Å². The monoisotopic (exact) mass is 447 g/mol. The van der Waals surface area contributed by atoms with Crippen LogP contribution in [0.5, 0.6) is 0 Å². The number of benzene rings is 1. The molecule has 1 aliphatic rings. The minimum atomic E-state index is -1.64. The van der Waals surface area contributed by atoms with Gasteiger partial charge in [0.15, 0.2) is 24.5 Å². The number of ketones is 1. The van der Waals surface area contributed by atoms with Crippen LogP contribution in [-0.2, 0) is 38.1 Å². The first-order valence-electron chi connectivity index (χ1n) is 9.60. The van der Waals surface area contributed by atoms with Crippen LogP contribution in [0.1, 0.15) is 37.4 Å². The van der Waals surface area contributed by atoms with Gasteiger partial charge >= 0.3 is 23.9 Å². The lowest BCUT2D eigenvalue weighted by molar-refractivity contribution is -0.239. The zero-order chi connectivity index (χ0) is 23.6. The number of para-hydroxylation sites is 1. The van der Waals surface area contributed by atoms with Crippen LogP contribution in [-0.4, -0.2) is 64.3 Å². The molecule has 0 aliphatic carbocycles. The summed E-state index contributed by atoms with van der Waals surface area (Å²) in [6.07, 6.45) is -3.37. The highest BCUT2D eigenvalue weighted by Crippen LogP contribution is 2.35. The number of hydrogen-bond donors (Lipinski definition) is 1. The summed E-state index contributed by atoms with van der Waals surface area (Å²) >= 11 is 0. The number of carboxylic acid groups (broad SMARTS) is 1. The van der Waals surface area contributed by atoms with Gasteiger partial charge in [0.05, 0.1) is 17.7 Å². The van der Waals surface area contributed by atoms with E-state index in [-0.39, 0.29) is 12.2 Å². The molecule has 0 saturated carbocycles. The van der Waals surface area contributed by atoms with Gasteiger partial charge in [-0.15, -0.1) is 0 Å². The molecule has 1 aromatic carbocycles. The van der Waals surface area contributed by atoms with E-state index in [0.717, 1.165) is 13.8 Å². The number of esters is 3. The maximum absolute atomic E-state index is 12.2. The molecule has 170 valence electrons. The molecule has 1 aliphatic heterocycles. The zero-order valence-electron chi connectivity index (χ0n) is 17.5. The second-order valence-electron chi connectivity index (χ2n) is 7.12. The average Bonchev–Trinajstić information content (AvgIpc) is 3.08. The number of fused-ring (bicyclic) bond motifs is 1. The van der Waals surface area contributed by atoms with E-state index in [9.17, 15) is 29.1 Å². The molecular weight excluding hydrogens is 426 g/mol. The Bertz CT molecular complexity index is 1090. The third-order valence-corrected chi connectivity index (χ3v) is 4.78. The summed E-state index contributed by atoms with van der Waals surface area (Å²) in [6, 6.07) is 6.50. The number of aromatic nitrogens is 1. The van der Waals surface area contributed by atoms with Crippen molar-refractivity contribution in [3.63, 3.8) is 0 Å². The van der Waals surface area contributed by atoms with Gasteiger partial charge < -0.3 is 28.6 Å². The second-order valence-corrected chi connectivity index (χ2v) is 7.12. The number of carbonyl (C=O) groups excluding carboxylic acids is 4. The van der Waals surface area contributed by atoms with Crippen molar-refractivity contribution in [1.29, 1.82) is 0 Å². The van der Waals surface area contributed by atoms with Gasteiger partial charge in [-0.25, -0.2) is 4.79 Å². The van der Waals surface area contributed by atoms with Gasteiger partial charge in [0.25, 0.3) is 5.78 Å². The highest BCUT2D eigenvalue weighted by molar-refractivity contribution is 6.42. The quantitative estimate of drug-likeness (QED) is 0.297. The van der Waals surface area contributed by atoms with Crippen LogP contribution in [0.3, 0.4) is 0 Å². The Morgan fingerprint density at radius 1 is 0.938 bits per heavy atom. The fourth-order valence-corrected chi connectivity index (χ4v) is 3.67. The number of nitrogens with zero attached hydrogens (tertiary/aromatic N) is 1. The molecule has 0 spiro atoms. The molecule has 11 heteroatoms. The van der Waals surface area contributed by atoms with Crippen LogP contribution in [0.25, 0.3) is 10.9 Å².